The van der Waals surface area contributed by atoms with Crippen molar-refractivity contribution in [1.82, 2.24) is 5.32 Å². The lowest BCUT2D eigenvalue weighted by atomic mass is 10.0. The van der Waals surface area contributed by atoms with Crippen LogP contribution in [0.25, 0.3) is 0 Å². The highest BCUT2D eigenvalue weighted by Gasteiger charge is 2.76. The Kier molecular flexibility index (Phi) is 14.0. The van der Waals surface area contributed by atoms with Gasteiger partial charge in [0.1, 0.15) is 6.04 Å². The quantitative estimate of drug-likeness (QED) is 0.137. The first-order valence-corrected chi connectivity index (χ1v) is 11.5. The Hall–Kier alpha value is -1.55. The van der Waals surface area contributed by atoms with Crippen LogP contribution in [0.1, 0.15) is 91.4 Å². The molecule has 196 valence electrons. The minimum Gasteiger partial charge on any atom is -0.464 e. The fourth-order valence-electron chi connectivity index (χ4n) is 3.12. The minimum atomic E-state index is -6.64. The molecule has 0 aromatic rings. The van der Waals surface area contributed by atoms with Crippen molar-refractivity contribution in [2.75, 3.05) is 6.61 Å². The topological polar surface area (TPSA) is 55.4 Å². The third kappa shape index (κ3) is 10.9. The summed E-state index contributed by atoms with van der Waals surface area (Å²) in [5, 5.41) is 1.31. The van der Waals surface area contributed by atoms with Crippen LogP contribution in [0.3, 0.4) is 0 Å². The number of amides is 1. The van der Waals surface area contributed by atoms with Crippen molar-refractivity contribution < 1.29 is 45.1 Å². The van der Waals surface area contributed by atoms with Gasteiger partial charge in [-0.3, -0.25) is 4.79 Å². The first-order chi connectivity index (χ1) is 15.2. The van der Waals surface area contributed by atoms with E-state index in [9.17, 15) is 40.3 Å². The van der Waals surface area contributed by atoms with E-state index in [2.05, 4.69) is 6.92 Å². The Morgan fingerprint density at radius 2 is 1.24 bits per heavy atom. The van der Waals surface area contributed by atoms with Gasteiger partial charge in [0.25, 0.3) is 5.91 Å². The molecule has 0 saturated heterocycles. The molecule has 0 bridgehead atoms. The van der Waals surface area contributed by atoms with Crippen molar-refractivity contribution in [3.05, 3.63) is 0 Å². The number of unbranched alkanes of at least 4 members (excludes halogenated alkanes) is 9. The number of nitrogens with one attached hydrogen (secondary N) is 1. The SMILES string of the molecule is CCCCCCCCCCCCOC(=O)C(CC(C)C)NC(=O)C(F)(F)C(F)(F)C(F)(F)F. The zero-order chi connectivity index (χ0) is 25.7. The molecule has 0 spiro atoms. The van der Waals surface area contributed by atoms with E-state index in [4.69, 9.17) is 4.74 Å². The van der Waals surface area contributed by atoms with Crippen molar-refractivity contribution >= 4 is 11.9 Å². The number of hydrogen-bond acceptors (Lipinski definition) is 3. The van der Waals surface area contributed by atoms with E-state index in [0.717, 1.165) is 32.1 Å². The smallest absolute Gasteiger partial charge is 0.460 e. The highest BCUT2D eigenvalue weighted by molar-refractivity contribution is 5.89. The average Bonchev–Trinajstić information content (AvgIpc) is 2.69. The summed E-state index contributed by atoms with van der Waals surface area (Å²) in [6, 6.07) is -1.77. The third-order valence-corrected chi connectivity index (χ3v) is 5.07. The van der Waals surface area contributed by atoms with Crippen LogP contribution in [0.5, 0.6) is 0 Å². The Labute approximate surface area is 191 Å². The highest BCUT2D eigenvalue weighted by Crippen LogP contribution is 2.46. The van der Waals surface area contributed by atoms with Gasteiger partial charge in [0.15, 0.2) is 0 Å². The average molecular weight is 496 g/mol. The van der Waals surface area contributed by atoms with Gasteiger partial charge in [0, 0.05) is 0 Å². The molecule has 0 aliphatic rings. The molecule has 0 aromatic heterocycles. The van der Waals surface area contributed by atoms with Crippen LogP contribution in [0.2, 0.25) is 0 Å². The van der Waals surface area contributed by atoms with Crippen molar-refractivity contribution in [2.24, 2.45) is 5.92 Å². The molecular formula is C22H36F7NO3. The summed E-state index contributed by atoms with van der Waals surface area (Å²) in [6.07, 6.45) is 3.34. The van der Waals surface area contributed by atoms with Gasteiger partial charge >= 0.3 is 24.0 Å². The van der Waals surface area contributed by atoms with Crippen molar-refractivity contribution in [1.29, 1.82) is 0 Å². The summed E-state index contributed by atoms with van der Waals surface area (Å²) in [5.41, 5.74) is 0. The van der Waals surface area contributed by atoms with Crippen LogP contribution < -0.4 is 5.32 Å². The van der Waals surface area contributed by atoms with E-state index in [-0.39, 0.29) is 18.9 Å². The van der Waals surface area contributed by atoms with Crippen LogP contribution in [0.4, 0.5) is 30.7 Å². The van der Waals surface area contributed by atoms with Gasteiger partial charge in [0.05, 0.1) is 6.61 Å². The molecule has 1 unspecified atom stereocenters. The molecule has 1 amide bonds. The Morgan fingerprint density at radius 3 is 1.67 bits per heavy atom. The number of esters is 1. The van der Waals surface area contributed by atoms with Gasteiger partial charge in [-0.2, -0.15) is 30.7 Å². The van der Waals surface area contributed by atoms with Gasteiger partial charge in [-0.05, 0) is 18.8 Å². The second kappa shape index (κ2) is 14.7. The first-order valence-electron chi connectivity index (χ1n) is 11.5. The molecule has 1 N–H and O–H groups in total. The summed E-state index contributed by atoms with van der Waals surface area (Å²) in [4.78, 5) is 23.7. The van der Waals surface area contributed by atoms with Gasteiger partial charge in [-0.15, -0.1) is 0 Å². The maximum absolute atomic E-state index is 13.6. The molecule has 0 aromatic carbocycles. The fraction of sp³-hybridized carbons (Fsp3) is 0.909. The molecule has 0 aliphatic heterocycles. The van der Waals surface area contributed by atoms with Crippen molar-refractivity contribution in [2.45, 2.75) is 115 Å². The maximum atomic E-state index is 13.6. The van der Waals surface area contributed by atoms with Gasteiger partial charge in [0.2, 0.25) is 0 Å². The number of alkyl halides is 7. The molecular weight excluding hydrogens is 459 g/mol. The lowest BCUT2D eigenvalue weighted by Crippen LogP contribution is -2.61. The summed E-state index contributed by atoms with van der Waals surface area (Å²) < 4.78 is 95.0. The highest BCUT2D eigenvalue weighted by atomic mass is 19.4. The van der Waals surface area contributed by atoms with E-state index < -0.39 is 35.9 Å². The normalized spacial score (nSPS) is 13.8. The van der Waals surface area contributed by atoms with Gasteiger partial charge in [-0.25, -0.2) is 4.79 Å². The standard InChI is InChI=1S/C22H36F7NO3/c1-4-5-6-7-8-9-10-11-12-13-14-33-18(31)17(15-16(2)3)30-19(32)20(23,24)21(25,26)22(27,28)29/h16-17H,4-15H2,1-3H3,(H,30,32). The molecule has 0 aliphatic carbocycles. The first kappa shape index (κ1) is 31.4. The van der Waals surface area contributed by atoms with Gasteiger partial charge < -0.3 is 10.1 Å². The number of hydrogen-bond donors (Lipinski definition) is 1. The molecule has 4 nitrogen and oxygen atoms in total. The fourth-order valence-corrected chi connectivity index (χ4v) is 3.12. The molecule has 0 radical (unpaired) electrons. The molecule has 11 heteroatoms. The molecule has 33 heavy (non-hydrogen) atoms. The molecule has 0 heterocycles. The minimum absolute atomic E-state index is 0.0745. The zero-order valence-corrected chi connectivity index (χ0v) is 19.5. The predicted molar refractivity (Wildman–Crippen MR) is 110 cm³/mol. The number of halogens is 7. The number of carbonyl (C=O) groups excluding carboxylic acids is 2. The van der Waals surface area contributed by atoms with Crippen LogP contribution in [0, 0.1) is 5.92 Å². The van der Waals surface area contributed by atoms with E-state index in [0.29, 0.717) is 6.42 Å². The maximum Gasteiger partial charge on any atom is 0.460 e. The van der Waals surface area contributed by atoms with Crippen molar-refractivity contribution in [3.8, 4) is 0 Å². The summed E-state index contributed by atoms with van der Waals surface area (Å²) in [6.45, 7) is 5.18. The second-order valence-electron chi connectivity index (χ2n) is 8.65. The Morgan fingerprint density at radius 1 is 0.788 bits per heavy atom. The lowest BCUT2D eigenvalue weighted by molar-refractivity contribution is -0.344. The molecule has 0 saturated carbocycles. The van der Waals surface area contributed by atoms with E-state index in [1.807, 2.05) is 0 Å². The van der Waals surface area contributed by atoms with E-state index in [1.54, 1.807) is 13.8 Å². The van der Waals surface area contributed by atoms with Crippen molar-refractivity contribution in [3.63, 3.8) is 0 Å². The summed E-state index contributed by atoms with van der Waals surface area (Å²) >= 11 is 0. The number of rotatable bonds is 17. The zero-order valence-electron chi connectivity index (χ0n) is 19.5. The number of carbonyl (C=O) groups is 2. The monoisotopic (exact) mass is 495 g/mol. The van der Waals surface area contributed by atoms with Crippen LogP contribution >= 0.6 is 0 Å². The number of ether oxygens (including phenoxy) is 1. The molecule has 0 rings (SSSR count). The third-order valence-electron chi connectivity index (χ3n) is 5.07. The predicted octanol–water partition coefficient (Wildman–Crippen LogP) is 6.81. The van der Waals surface area contributed by atoms with Gasteiger partial charge in [-0.1, -0.05) is 78.6 Å². The van der Waals surface area contributed by atoms with Crippen LogP contribution in [0.15, 0.2) is 0 Å². The lowest BCUT2D eigenvalue weighted by Gasteiger charge is -2.28. The Balaban J connectivity index is 4.58. The largest absolute Gasteiger partial charge is 0.464 e. The van der Waals surface area contributed by atoms with Crippen LogP contribution in [-0.2, 0) is 14.3 Å². The Bertz CT molecular complexity index is 581. The molecule has 1 atom stereocenters. The summed E-state index contributed by atoms with van der Waals surface area (Å²) in [7, 11) is 0. The summed E-state index contributed by atoms with van der Waals surface area (Å²) in [5.74, 6) is -17.1. The van der Waals surface area contributed by atoms with E-state index >= 15 is 0 Å². The molecule has 0 fully saturated rings. The second-order valence-corrected chi connectivity index (χ2v) is 8.65. The van der Waals surface area contributed by atoms with E-state index in [1.165, 1.54) is 31.0 Å². The van der Waals surface area contributed by atoms with Crippen LogP contribution in [-0.4, -0.2) is 42.5 Å².